The molecule has 1 saturated heterocycles. The number of halogens is 3. The number of nitrogens with zero attached hydrogens (tertiary/aromatic N) is 5. The zero-order valence-corrected chi connectivity index (χ0v) is 16.3. The first-order valence-electron chi connectivity index (χ1n) is 9.57. The van der Waals surface area contributed by atoms with E-state index in [0.717, 1.165) is 24.8 Å². The topological polar surface area (TPSA) is 85.2 Å². The first kappa shape index (κ1) is 20.8. The van der Waals surface area contributed by atoms with Gasteiger partial charge in [-0.15, -0.1) is 0 Å². The molecule has 8 nitrogen and oxygen atoms in total. The van der Waals surface area contributed by atoms with Crippen molar-refractivity contribution in [1.82, 2.24) is 30.0 Å². The van der Waals surface area contributed by atoms with Crippen molar-refractivity contribution in [1.29, 1.82) is 0 Å². The van der Waals surface area contributed by atoms with E-state index in [1.807, 2.05) is 30.3 Å². The molecule has 1 unspecified atom stereocenters. The third-order valence-electron chi connectivity index (χ3n) is 4.79. The second-order valence-electron chi connectivity index (χ2n) is 7.06. The summed E-state index contributed by atoms with van der Waals surface area (Å²) in [5.74, 6) is -0.992. The molecular weight excluding hydrogens is 413 g/mol. The van der Waals surface area contributed by atoms with Crippen LogP contribution in [0.2, 0.25) is 0 Å². The van der Waals surface area contributed by atoms with Gasteiger partial charge in [-0.05, 0) is 18.1 Å². The van der Waals surface area contributed by atoms with Crippen LogP contribution in [0, 0.1) is 0 Å². The monoisotopic (exact) mass is 432 g/mol. The minimum absolute atomic E-state index is 0.224. The summed E-state index contributed by atoms with van der Waals surface area (Å²) < 4.78 is 46.3. The number of aromatic nitrogens is 4. The Morgan fingerprint density at radius 1 is 1.16 bits per heavy atom. The van der Waals surface area contributed by atoms with Gasteiger partial charge in [0.05, 0.1) is 6.20 Å². The van der Waals surface area contributed by atoms with Crippen LogP contribution < -0.4 is 10.1 Å². The van der Waals surface area contributed by atoms with Crippen LogP contribution in [0.15, 0.2) is 55.0 Å². The Hall–Kier alpha value is -3.47. The highest BCUT2D eigenvalue weighted by atomic mass is 19.4. The molecule has 31 heavy (non-hydrogen) atoms. The first-order valence-corrected chi connectivity index (χ1v) is 9.57. The molecule has 2 aromatic heterocycles. The van der Waals surface area contributed by atoms with Gasteiger partial charge in [0.2, 0.25) is 0 Å². The largest absolute Gasteiger partial charge is 0.437 e. The fourth-order valence-electron chi connectivity index (χ4n) is 3.45. The molecule has 1 aliphatic rings. The normalized spacial score (nSPS) is 16.9. The number of ether oxygens (including phenoxy) is 1. The van der Waals surface area contributed by atoms with Crippen LogP contribution >= 0.6 is 0 Å². The van der Waals surface area contributed by atoms with Crippen molar-refractivity contribution >= 4 is 6.09 Å². The Kier molecular flexibility index (Phi) is 5.85. The van der Waals surface area contributed by atoms with Gasteiger partial charge in [0.25, 0.3) is 5.95 Å². The summed E-state index contributed by atoms with van der Waals surface area (Å²) >= 11 is 0. The Balaban J connectivity index is 1.40. The van der Waals surface area contributed by atoms with E-state index in [2.05, 4.69) is 25.3 Å². The number of nitrogens with one attached hydrogen (secondary N) is 1. The maximum Gasteiger partial charge on any atom is 0.437 e. The van der Waals surface area contributed by atoms with Crippen molar-refractivity contribution in [2.45, 2.75) is 25.2 Å². The van der Waals surface area contributed by atoms with Crippen LogP contribution in [0.4, 0.5) is 18.0 Å². The van der Waals surface area contributed by atoms with E-state index in [-0.39, 0.29) is 12.0 Å². The highest BCUT2D eigenvalue weighted by molar-refractivity contribution is 5.71. The average Bonchev–Trinajstić information content (AvgIpc) is 3.36. The molecular formula is C20H19F3N6O2. The molecule has 0 aliphatic carbocycles. The second kappa shape index (κ2) is 8.72. The molecule has 1 aromatic carbocycles. The van der Waals surface area contributed by atoms with E-state index in [1.54, 1.807) is 0 Å². The number of amides is 1. The zero-order valence-electron chi connectivity index (χ0n) is 16.3. The van der Waals surface area contributed by atoms with Crippen LogP contribution in [0.25, 0.3) is 5.95 Å². The van der Waals surface area contributed by atoms with Gasteiger partial charge in [0, 0.05) is 38.1 Å². The van der Waals surface area contributed by atoms with Crippen molar-refractivity contribution in [3.8, 4) is 11.7 Å². The Labute approximate surface area is 175 Å². The van der Waals surface area contributed by atoms with Gasteiger partial charge < -0.3 is 10.1 Å². The maximum absolute atomic E-state index is 13.6. The van der Waals surface area contributed by atoms with Crippen molar-refractivity contribution in [3.05, 3.63) is 66.2 Å². The SMILES string of the molecule is O=C(NC1CCN(Cc2ccccc2)C1)Oc1cnn(-c2ncccn2)c1C(F)(F)F. The predicted molar refractivity (Wildman–Crippen MR) is 103 cm³/mol. The number of hydrogen-bond acceptors (Lipinski definition) is 6. The molecule has 0 spiro atoms. The van der Waals surface area contributed by atoms with Gasteiger partial charge in [-0.1, -0.05) is 30.3 Å². The van der Waals surface area contributed by atoms with E-state index in [4.69, 9.17) is 4.74 Å². The number of alkyl halides is 3. The van der Waals surface area contributed by atoms with Crippen molar-refractivity contribution in [2.24, 2.45) is 0 Å². The summed E-state index contributed by atoms with van der Waals surface area (Å²) in [6.07, 6.45) is -1.71. The van der Waals surface area contributed by atoms with Crippen LogP contribution in [-0.2, 0) is 12.7 Å². The summed E-state index contributed by atoms with van der Waals surface area (Å²) in [5, 5.41) is 6.29. The van der Waals surface area contributed by atoms with Crippen LogP contribution in [0.1, 0.15) is 17.7 Å². The first-order chi connectivity index (χ1) is 14.9. The molecule has 1 N–H and O–H groups in total. The Morgan fingerprint density at radius 3 is 2.61 bits per heavy atom. The van der Waals surface area contributed by atoms with Gasteiger partial charge in [-0.2, -0.15) is 23.0 Å². The number of carbonyl (C=O) groups is 1. The summed E-state index contributed by atoms with van der Waals surface area (Å²) in [4.78, 5) is 22.0. The van der Waals surface area contributed by atoms with E-state index >= 15 is 0 Å². The lowest BCUT2D eigenvalue weighted by Gasteiger charge is -2.17. The van der Waals surface area contributed by atoms with Gasteiger partial charge in [-0.3, -0.25) is 4.90 Å². The molecule has 4 rings (SSSR count). The molecule has 1 atom stereocenters. The Morgan fingerprint density at radius 2 is 1.90 bits per heavy atom. The summed E-state index contributed by atoms with van der Waals surface area (Å²) in [6, 6.07) is 11.1. The summed E-state index contributed by atoms with van der Waals surface area (Å²) in [5.41, 5.74) is -0.109. The molecule has 11 heteroatoms. The molecule has 162 valence electrons. The second-order valence-corrected chi connectivity index (χ2v) is 7.06. The van der Waals surface area contributed by atoms with Gasteiger partial charge in [0.1, 0.15) is 0 Å². The number of carbonyl (C=O) groups excluding carboxylic acids is 1. The molecule has 3 heterocycles. The molecule has 3 aromatic rings. The van der Waals surface area contributed by atoms with E-state index in [0.29, 0.717) is 17.6 Å². The van der Waals surface area contributed by atoms with E-state index in [9.17, 15) is 18.0 Å². The van der Waals surface area contributed by atoms with Crippen LogP contribution in [0.3, 0.4) is 0 Å². The van der Waals surface area contributed by atoms with Gasteiger partial charge >= 0.3 is 12.3 Å². The van der Waals surface area contributed by atoms with Crippen LogP contribution in [-0.4, -0.2) is 49.9 Å². The number of hydrogen-bond donors (Lipinski definition) is 1. The number of likely N-dealkylation sites (tertiary alicyclic amines) is 1. The number of benzene rings is 1. The third-order valence-corrected chi connectivity index (χ3v) is 4.79. The molecule has 0 bridgehead atoms. The lowest BCUT2D eigenvalue weighted by atomic mass is 10.2. The molecule has 0 radical (unpaired) electrons. The quantitative estimate of drug-likeness (QED) is 0.667. The molecule has 0 saturated carbocycles. The van der Waals surface area contributed by atoms with Crippen LogP contribution in [0.5, 0.6) is 5.75 Å². The smallest absolute Gasteiger partial charge is 0.406 e. The lowest BCUT2D eigenvalue weighted by Crippen LogP contribution is -2.38. The van der Waals surface area contributed by atoms with E-state index in [1.165, 1.54) is 18.5 Å². The lowest BCUT2D eigenvalue weighted by molar-refractivity contribution is -0.143. The van der Waals surface area contributed by atoms with Crippen molar-refractivity contribution in [3.63, 3.8) is 0 Å². The van der Waals surface area contributed by atoms with E-state index < -0.39 is 23.7 Å². The number of rotatable bonds is 5. The molecule has 1 amide bonds. The van der Waals surface area contributed by atoms with Crippen molar-refractivity contribution < 1.29 is 22.7 Å². The average molecular weight is 432 g/mol. The fourth-order valence-corrected chi connectivity index (χ4v) is 3.45. The minimum Gasteiger partial charge on any atom is -0.406 e. The predicted octanol–water partition coefficient (Wildman–Crippen LogP) is 3.04. The highest BCUT2D eigenvalue weighted by Crippen LogP contribution is 2.37. The maximum atomic E-state index is 13.6. The molecule has 1 aliphatic heterocycles. The van der Waals surface area contributed by atoms with Crippen molar-refractivity contribution in [2.75, 3.05) is 13.1 Å². The zero-order chi connectivity index (χ0) is 21.8. The standard InChI is InChI=1S/C20H19F3N6O2/c21-20(22,23)17-16(11-26-29(17)18-24-8-4-9-25-18)31-19(30)27-15-7-10-28(13-15)12-14-5-2-1-3-6-14/h1-6,8-9,11,15H,7,10,12-13H2,(H,27,30). The highest BCUT2D eigenvalue weighted by Gasteiger charge is 2.41. The van der Waals surface area contributed by atoms with Gasteiger partial charge in [0.15, 0.2) is 11.4 Å². The minimum atomic E-state index is -4.83. The summed E-state index contributed by atoms with van der Waals surface area (Å²) in [7, 11) is 0. The summed E-state index contributed by atoms with van der Waals surface area (Å²) in [6.45, 7) is 2.07. The van der Waals surface area contributed by atoms with Gasteiger partial charge in [-0.25, -0.2) is 14.8 Å². The Bertz CT molecular complexity index is 1030. The fraction of sp³-hybridized carbons (Fsp3) is 0.300. The molecule has 1 fully saturated rings. The third kappa shape index (κ3) is 5.00.